The molecular weight excluding hydrogens is 304 g/mol. The average molecular weight is 328 g/mol. The molecule has 5 nitrogen and oxygen atoms in total. The van der Waals surface area contributed by atoms with Crippen molar-refractivity contribution >= 4 is 16.8 Å². The predicted molar refractivity (Wildman–Crippen MR) is 93.3 cm³/mol. The summed E-state index contributed by atoms with van der Waals surface area (Å²) in [5.74, 6) is -0.0780. The largest absolute Gasteiger partial charge is 0.388 e. The molecule has 128 valence electrons. The first kappa shape index (κ1) is 16.9. The van der Waals surface area contributed by atoms with Gasteiger partial charge in [0, 0.05) is 17.6 Å². The maximum atomic E-state index is 13.2. The monoisotopic (exact) mass is 328 g/mol. The molecule has 2 heterocycles. The summed E-state index contributed by atoms with van der Waals surface area (Å²) in [7, 11) is 0. The molecule has 1 aliphatic heterocycles. The van der Waals surface area contributed by atoms with Gasteiger partial charge < -0.3 is 14.7 Å². The van der Waals surface area contributed by atoms with Gasteiger partial charge in [0.2, 0.25) is 0 Å². The van der Waals surface area contributed by atoms with E-state index < -0.39 is 6.10 Å². The van der Waals surface area contributed by atoms with E-state index in [4.69, 9.17) is 4.74 Å². The first-order chi connectivity index (χ1) is 11.4. The second kappa shape index (κ2) is 6.49. The first-order valence-electron chi connectivity index (χ1n) is 8.38. The van der Waals surface area contributed by atoms with Crippen LogP contribution in [-0.2, 0) is 4.74 Å². The van der Waals surface area contributed by atoms with Crippen molar-refractivity contribution in [1.82, 2.24) is 9.88 Å². The summed E-state index contributed by atoms with van der Waals surface area (Å²) < 4.78 is 5.33. The molecule has 0 spiro atoms. The quantitative estimate of drug-likeness (QED) is 0.940. The Balaban J connectivity index is 2.10. The number of ether oxygens (including phenoxy) is 1. The van der Waals surface area contributed by atoms with Crippen molar-refractivity contribution in [3.05, 3.63) is 40.6 Å². The van der Waals surface area contributed by atoms with Crippen LogP contribution in [0.15, 0.2) is 18.2 Å². The molecule has 1 fully saturated rings. The fourth-order valence-corrected chi connectivity index (χ4v) is 3.35. The summed E-state index contributed by atoms with van der Waals surface area (Å²) in [6.07, 6.45) is -0.632. The minimum atomic E-state index is -0.632. The number of carbonyl (C=O) groups is 1. The summed E-state index contributed by atoms with van der Waals surface area (Å²) in [6.45, 7) is 9.09. The van der Waals surface area contributed by atoms with Crippen LogP contribution in [0.3, 0.4) is 0 Å². The van der Waals surface area contributed by atoms with Crippen molar-refractivity contribution < 1.29 is 14.6 Å². The highest BCUT2D eigenvalue weighted by Crippen LogP contribution is 2.26. The third kappa shape index (κ3) is 2.78. The Morgan fingerprint density at radius 1 is 1.33 bits per heavy atom. The fraction of sp³-hybridized carbons (Fsp3) is 0.474. The topological polar surface area (TPSA) is 62.7 Å². The van der Waals surface area contributed by atoms with Crippen LogP contribution in [0.25, 0.3) is 10.9 Å². The Kier molecular flexibility index (Phi) is 4.56. The number of pyridine rings is 1. The van der Waals surface area contributed by atoms with Gasteiger partial charge in [-0.15, -0.1) is 0 Å². The third-order valence-electron chi connectivity index (χ3n) is 4.89. The summed E-state index contributed by atoms with van der Waals surface area (Å²) in [5, 5.41) is 11.0. The smallest absolute Gasteiger partial charge is 0.255 e. The number of fused-ring (bicyclic) bond motifs is 1. The number of aliphatic hydroxyl groups excluding tert-OH is 1. The molecule has 1 aromatic carbocycles. The van der Waals surface area contributed by atoms with E-state index in [2.05, 4.69) is 4.98 Å². The van der Waals surface area contributed by atoms with Crippen LogP contribution in [0, 0.1) is 20.8 Å². The molecule has 1 amide bonds. The number of aliphatic hydroxyl groups is 1. The average Bonchev–Trinajstić information content (AvgIpc) is 2.97. The lowest BCUT2D eigenvalue weighted by Gasteiger charge is -2.29. The van der Waals surface area contributed by atoms with Crippen LogP contribution in [0.4, 0.5) is 0 Å². The van der Waals surface area contributed by atoms with Crippen LogP contribution in [0.5, 0.6) is 0 Å². The summed E-state index contributed by atoms with van der Waals surface area (Å²) >= 11 is 0. The number of hydrogen-bond acceptors (Lipinski definition) is 4. The minimum absolute atomic E-state index is 0.0780. The van der Waals surface area contributed by atoms with Crippen molar-refractivity contribution in [3.8, 4) is 0 Å². The maximum Gasteiger partial charge on any atom is 0.255 e. The molecule has 0 bridgehead atoms. The standard InChI is InChI=1S/C19H24N2O3/c1-5-21(16-9-24-10-17(16)22)19(23)15-8-12(3)20-18-13(4)11(2)6-7-14(15)18/h6-8,16-17,22H,5,9-10H2,1-4H3/t16-,17-/m0/s1. The Morgan fingerprint density at radius 3 is 2.71 bits per heavy atom. The molecule has 2 aromatic rings. The minimum Gasteiger partial charge on any atom is -0.388 e. The number of aromatic nitrogens is 1. The van der Waals surface area contributed by atoms with Gasteiger partial charge in [-0.1, -0.05) is 12.1 Å². The number of nitrogens with zero attached hydrogens (tertiary/aromatic N) is 2. The van der Waals surface area contributed by atoms with Gasteiger partial charge in [0.15, 0.2) is 0 Å². The number of amides is 1. The Bertz CT molecular complexity index is 788. The number of rotatable bonds is 3. The van der Waals surface area contributed by atoms with E-state index in [1.807, 2.05) is 45.9 Å². The molecule has 0 unspecified atom stereocenters. The van der Waals surface area contributed by atoms with Crippen LogP contribution in [0.1, 0.15) is 34.1 Å². The van der Waals surface area contributed by atoms with E-state index in [1.54, 1.807) is 4.90 Å². The molecule has 1 aromatic heterocycles. The molecule has 1 aliphatic rings. The van der Waals surface area contributed by atoms with Gasteiger partial charge >= 0.3 is 0 Å². The number of likely N-dealkylation sites (N-methyl/N-ethyl adjacent to an activating group) is 1. The van der Waals surface area contributed by atoms with Gasteiger partial charge in [-0.05, 0) is 44.9 Å². The van der Waals surface area contributed by atoms with Gasteiger partial charge in [0.25, 0.3) is 5.91 Å². The predicted octanol–water partition coefficient (Wildman–Crippen LogP) is 2.38. The van der Waals surface area contributed by atoms with Crippen molar-refractivity contribution in [1.29, 1.82) is 0 Å². The SMILES string of the molecule is CCN(C(=O)c1cc(C)nc2c(C)c(C)ccc12)[C@H]1COC[C@@H]1O. The highest BCUT2D eigenvalue weighted by atomic mass is 16.5. The number of benzene rings is 1. The summed E-state index contributed by atoms with van der Waals surface area (Å²) in [4.78, 5) is 19.5. The van der Waals surface area contributed by atoms with Crippen LogP contribution in [0.2, 0.25) is 0 Å². The second-order valence-electron chi connectivity index (χ2n) is 6.48. The molecule has 1 saturated heterocycles. The molecule has 24 heavy (non-hydrogen) atoms. The van der Waals surface area contributed by atoms with Gasteiger partial charge in [-0.25, -0.2) is 0 Å². The summed E-state index contributed by atoms with van der Waals surface area (Å²) in [5.41, 5.74) is 4.58. The number of carbonyl (C=O) groups excluding carboxylic acids is 1. The van der Waals surface area contributed by atoms with E-state index in [0.29, 0.717) is 18.7 Å². The number of hydrogen-bond donors (Lipinski definition) is 1. The van der Waals surface area contributed by atoms with E-state index in [9.17, 15) is 9.90 Å². The molecule has 2 atom stereocenters. The van der Waals surface area contributed by atoms with Crippen LogP contribution >= 0.6 is 0 Å². The molecule has 0 radical (unpaired) electrons. The van der Waals surface area contributed by atoms with E-state index in [-0.39, 0.29) is 18.6 Å². The van der Waals surface area contributed by atoms with Crippen LogP contribution < -0.4 is 0 Å². The Hall–Kier alpha value is -1.98. The Labute approximate surface area is 142 Å². The van der Waals surface area contributed by atoms with E-state index >= 15 is 0 Å². The lowest BCUT2D eigenvalue weighted by Crippen LogP contribution is -2.46. The molecule has 3 rings (SSSR count). The zero-order chi connectivity index (χ0) is 17.4. The summed E-state index contributed by atoms with van der Waals surface area (Å²) in [6, 6.07) is 5.53. The van der Waals surface area contributed by atoms with Gasteiger partial charge in [-0.2, -0.15) is 0 Å². The van der Waals surface area contributed by atoms with Crippen molar-refractivity contribution in [2.24, 2.45) is 0 Å². The lowest BCUT2D eigenvalue weighted by atomic mass is 9.99. The van der Waals surface area contributed by atoms with Gasteiger partial charge in [0.1, 0.15) is 0 Å². The van der Waals surface area contributed by atoms with E-state index in [0.717, 1.165) is 27.7 Å². The van der Waals surface area contributed by atoms with Crippen molar-refractivity contribution in [3.63, 3.8) is 0 Å². The van der Waals surface area contributed by atoms with E-state index in [1.165, 1.54) is 0 Å². The number of aryl methyl sites for hydroxylation is 3. The van der Waals surface area contributed by atoms with Crippen molar-refractivity contribution in [2.75, 3.05) is 19.8 Å². The highest BCUT2D eigenvalue weighted by Gasteiger charge is 2.34. The Morgan fingerprint density at radius 2 is 2.08 bits per heavy atom. The first-order valence-corrected chi connectivity index (χ1v) is 8.38. The van der Waals surface area contributed by atoms with Gasteiger partial charge in [0.05, 0.1) is 36.4 Å². The second-order valence-corrected chi connectivity index (χ2v) is 6.48. The lowest BCUT2D eigenvalue weighted by molar-refractivity contribution is 0.0522. The van der Waals surface area contributed by atoms with Gasteiger partial charge in [-0.3, -0.25) is 9.78 Å². The third-order valence-corrected chi connectivity index (χ3v) is 4.89. The van der Waals surface area contributed by atoms with Crippen LogP contribution in [-0.4, -0.2) is 52.8 Å². The maximum absolute atomic E-state index is 13.2. The fourth-order valence-electron chi connectivity index (χ4n) is 3.35. The van der Waals surface area contributed by atoms with Crippen molar-refractivity contribution in [2.45, 2.75) is 39.8 Å². The molecule has 5 heteroatoms. The zero-order valence-corrected chi connectivity index (χ0v) is 14.7. The molecule has 1 N–H and O–H groups in total. The highest BCUT2D eigenvalue weighted by molar-refractivity contribution is 6.07. The molecule has 0 saturated carbocycles. The zero-order valence-electron chi connectivity index (χ0n) is 14.7. The normalized spacial score (nSPS) is 20.5. The molecule has 0 aliphatic carbocycles. The molecular formula is C19H24N2O3.